The average Bonchev–Trinajstić information content (AvgIpc) is 3.23. The molecule has 9 heteroatoms. The van der Waals surface area contributed by atoms with Crippen LogP contribution in [0.15, 0.2) is 65.1 Å². The number of non-ortho nitro benzene ring substituents is 1. The van der Waals surface area contributed by atoms with E-state index < -0.39 is 23.4 Å². The van der Waals surface area contributed by atoms with Crippen molar-refractivity contribution in [3.05, 3.63) is 82.1 Å². The Balaban J connectivity index is 1.55. The lowest BCUT2D eigenvalue weighted by Crippen LogP contribution is -2.20. The number of benzene rings is 2. The maximum atomic E-state index is 12.1. The van der Waals surface area contributed by atoms with Gasteiger partial charge in [0, 0.05) is 28.9 Å². The number of furan rings is 1. The van der Waals surface area contributed by atoms with E-state index >= 15 is 0 Å². The number of anilines is 1. The third-order valence-electron chi connectivity index (χ3n) is 4.08. The van der Waals surface area contributed by atoms with Crippen LogP contribution in [0.25, 0.3) is 11.3 Å². The van der Waals surface area contributed by atoms with Gasteiger partial charge in [0.2, 0.25) is 5.76 Å². The monoisotopic (exact) mass is 408 g/mol. The number of nitrogens with one attached hydrogen (secondary N) is 1. The standard InChI is InChI=1S/C21H16N2O7/c1-13(24)14-2-6-16(7-3-14)22-20(25)12-29-21(26)19-11-10-18(30-19)15-4-8-17(9-5-15)23(27)28/h2-11H,12H2,1H3,(H,22,25). The summed E-state index contributed by atoms with van der Waals surface area (Å²) in [5.41, 5.74) is 1.46. The first-order valence-corrected chi connectivity index (χ1v) is 8.76. The van der Waals surface area contributed by atoms with Gasteiger partial charge in [-0.1, -0.05) is 0 Å². The third-order valence-corrected chi connectivity index (χ3v) is 4.08. The van der Waals surface area contributed by atoms with Crippen molar-refractivity contribution < 1.29 is 28.5 Å². The lowest BCUT2D eigenvalue weighted by atomic mass is 10.1. The van der Waals surface area contributed by atoms with Gasteiger partial charge in [0.1, 0.15) is 5.76 Å². The molecule has 0 aliphatic heterocycles. The number of hydrogen-bond acceptors (Lipinski definition) is 7. The molecule has 3 aromatic rings. The van der Waals surface area contributed by atoms with Gasteiger partial charge in [-0.2, -0.15) is 0 Å². The molecule has 1 N–H and O–H groups in total. The molecule has 30 heavy (non-hydrogen) atoms. The molecule has 2 aromatic carbocycles. The molecule has 0 unspecified atom stereocenters. The predicted octanol–water partition coefficient (Wildman–Crippen LogP) is 3.85. The molecule has 3 rings (SSSR count). The highest BCUT2D eigenvalue weighted by Crippen LogP contribution is 2.24. The fourth-order valence-corrected chi connectivity index (χ4v) is 2.54. The van der Waals surface area contributed by atoms with Crippen LogP contribution < -0.4 is 5.32 Å². The first-order chi connectivity index (χ1) is 14.3. The lowest BCUT2D eigenvalue weighted by Gasteiger charge is -2.06. The third kappa shape index (κ3) is 4.96. The summed E-state index contributed by atoms with van der Waals surface area (Å²) in [7, 11) is 0. The van der Waals surface area contributed by atoms with E-state index in [4.69, 9.17) is 9.15 Å². The van der Waals surface area contributed by atoms with Crippen LogP contribution in [0.3, 0.4) is 0 Å². The summed E-state index contributed by atoms with van der Waals surface area (Å²) in [5, 5.41) is 13.2. The number of nitrogens with zero attached hydrogens (tertiary/aromatic N) is 1. The number of rotatable bonds is 7. The number of carbonyl (C=O) groups excluding carboxylic acids is 3. The number of carbonyl (C=O) groups is 3. The summed E-state index contributed by atoms with van der Waals surface area (Å²) in [4.78, 5) is 45.5. The molecule has 0 bridgehead atoms. The Labute approximate surface area is 170 Å². The van der Waals surface area contributed by atoms with Crippen molar-refractivity contribution in [1.82, 2.24) is 0 Å². The highest BCUT2D eigenvalue weighted by Gasteiger charge is 2.16. The molecule has 152 valence electrons. The normalized spacial score (nSPS) is 10.3. The number of esters is 1. The topological polar surface area (TPSA) is 129 Å². The zero-order valence-electron chi connectivity index (χ0n) is 15.8. The quantitative estimate of drug-likeness (QED) is 0.272. The minimum atomic E-state index is -0.828. The Morgan fingerprint density at radius 1 is 1.00 bits per heavy atom. The smallest absolute Gasteiger partial charge is 0.374 e. The molecule has 1 aromatic heterocycles. The lowest BCUT2D eigenvalue weighted by molar-refractivity contribution is -0.384. The van der Waals surface area contributed by atoms with E-state index in [0.717, 1.165) is 0 Å². The summed E-state index contributed by atoms with van der Waals surface area (Å²) in [6.07, 6.45) is 0. The average molecular weight is 408 g/mol. The molecule has 1 amide bonds. The minimum absolute atomic E-state index is 0.0631. The highest BCUT2D eigenvalue weighted by atomic mass is 16.6. The number of ether oxygens (including phenoxy) is 1. The van der Waals surface area contributed by atoms with Crippen LogP contribution in [0.4, 0.5) is 11.4 Å². The van der Waals surface area contributed by atoms with Crippen molar-refractivity contribution in [2.24, 2.45) is 0 Å². The van der Waals surface area contributed by atoms with Crippen molar-refractivity contribution >= 4 is 29.0 Å². The molecule has 0 aliphatic carbocycles. The molecule has 0 aliphatic rings. The predicted molar refractivity (Wildman–Crippen MR) is 106 cm³/mol. The van der Waals surface area contributed by atoms with E-state index in [2.05, 4.69) is 5.32 Å². The Bertz CT molecular complexity index is 1100. The molecular formula is C21H16N2O7. The van der Waals surface area contributed by atoms with Gasteiger partial charge in [-0.3, -0.25) is 19.7 Å². The molecular weight excluding hydrogens is 392 g/mol. The first-order valence-electron chi connectivity index (χ1n) is 8.76. The van der Waals surface area contributed by atoms with Gasteiger partial charge >= 0.3 is 5.97 Å². The SMILES string of the molecule is CC(=O)c1ccc(NC(=O)COC(=O)c2ccc(-c3ccc([N+](=O)[O-])cc3)o2)cc1. The van der Waals surface area contributed by atoms with Crippen molar-refractivity contribution in [2.45, 2.75) is 6.92 Å². The van der Waals surface area contributed by atoms with E-state index in [1.54, 1.807) is 24.3 Å². The summed E-state index contributed by atoms with van der Waals surface area (Å²) >= 11 is 0. The number of Topliss-reactive ketones (excluding diaryl/α,β-unsaturated/α-hetero) is 1. The number of nitro benzene ring substituents is 1. The maximum Gasteiger partial charge on any atom is 0.374 e. The number of nitro groups is 1. The Kier molecular flexibility index (Phi) is 6.02. The fourth-order valence-electron chi connectivity index (χ4n) is 2.54. The van der Waals surface area contributed by atoms with Crippen LogP contribution in [0.1, 0.15) is 27.8 Å². The van der Waals surface area contributed by atoms with E-state index in [9.17, 15) is 24.5 Å². The second-order valence-corrected chi connectivity index (χ2v) is 6.23. The zero-order chi connectivity index (χ0) is 21.7. The van der Waals surface area contributed by atoms with Gasteiger partial charge in [0.25, 0.3) is 11.6 Å². The Morgan fingerprint density at radius 2 is 1.67 bits per heavy atom. The van der Waals surface area contributed by atoms with Crippen LogP contribution in [0.2, 0.25) is 0 Å². The first kappa shape index (κ1) is 20.5. The van der Waals surface area contributed by atoms with Crippen LogP contribution in [-0.4, -0.2) is 29.2 Å². The molecule has 1 heterocycles. The van der Waals surface area contributed by atoms with Gasteiger partial charge in [-0.25, -0.2) is 4.79 Å². The summed E-state index contributed by atoms with van der Waals surface area (Å²) in [6.45, 7) is 0.912. The van der Waals surface area contributed by atoms with Gasteiger partial charge in [-0.05, 0) is 55.5 Å². The van der Waals surface area contributed by atoms with Gasteiger partial charge < -0.3 is 14.5 Å². The van der Waals surface area contributed by atoms with Crippen LogP contribution >= 0.6 is 0 Å². The van der Waals surface area contributed by atoms with Crippen LogP contribution in [0, 0.1) is 10.1 Å². The van der Waals surface area contributed by atoms with Crippen LogP contribution in [-0.2, 0) is 9.53 Å². The number of amides is 1. The summed E-state index contributed by atoms with van der Waals surface area (Å²) in [5.74, 6) is -1.26. The maximum absolute atomic E-state index is 12.1. The van der Waals surface area contributed by atoms with Gasteiger partial charge in [0.15, 0.2) is 12.4 Å². The molecule has 0 spiro atoms. The Morgan fingerprint density at radius 3 is 2.27 bits per heavy atom. The van der Waals surface area contributed by atoms with Gasteiger partial charge in [0.05, 0.1) is 4.92 Å². The zero-order valence-corrected chi connectivity index (χ0v) is 15.8. The van der Waals surface area contributed by atoms with Gasteiger partial charge in [-0.15, -0.1) is 0 Å². The van der Waals surface area contributed by atoms with E-state index in [1.165, 1.54) is 43.3 Å². The van der Waals surface area contributed by atoms with E-state index in [1.807, 2.05) is 0 Å². The van der Waals surface area contributed by atoms with Crippen molar-refractivity contribution in [2.75, 3.05) is 11.9 Å². The van der Waals surface area contributed by atoms with E-state index in [0.29, 0.717) is 22.6 Å². The molecule has 0 radical (unpaired) electrons. The molecule has 0 saturated carbocycles. The molecule has 0 fully saturated rings. The second kappa shape index (κ2) is 8.82. The Hall–Kier alpha value is -4.27. The van der Waals surface area contributed by atoms with Crippen molar-refractivity contribution in [3.63, 3.8) is 0 Å². The highest BCUT2D eigenvalue weighted by molar-refractivity contribution is 5.96. The summed E-state index contributed by atoms with van der Waals surface area (Å²) < 4.78 is 10.3. The number of hydrogen-bond donors (Lipinski definition) is 1. The number of ketones is 1. The largest absolute Gasteiger partial charge is 0.450 e. The van der Waals surface area contributed by atoms with Crippen molar-refractivity contribution in [3.8, 4) is 11.3 Å². The fraction of sp³-hybridized carbons (Fsp3) is 0.0952. The van der Waals surface area contributed by atoms with Crippen molar-refractivity contribution in [1.29, 1.82) is 0 Å². The van der Waals surface area contributed by atoms with Crippen LogP contribution in [0.5, 0.6) is 0 Å². The molecule has 0 saturated heterocycles. The molecule has 0 atom stereocenters. The second-order valence-electron chi connectivity index (χ2n) is 6.23. The summed E-state index contributed by atoms with van der Waals surface area (Å²) in [6, 6.07) is 14.8. The van der Waals surface area contributed by atoms with E-state index in [-0.39, 0.29) is 17.2 Å². The minimum Gasteiger partial charge on any atom is -0.450 e. The molecule has 9 nitrogen and oxygen atoms in total.